The van der Waals surface area contributed by atoms with Crippen LogP contribution in [0.4, 0.5) is 5.13 Å². The number of rotatable bonds is 5. The number of thioether (sulfide) groups is 1. The molecule has 2 aromatic heterocycles. The summed E-state index contributed by atoms with van der Waals surface area (Å²) in [7, 11) is 0. The Morgan fingerprint density at radius 1 is 1.29 bits per heavy atom. The molecule has 124 valence electrons. The van der Waals surface area contributed by atoms with E-state index >= 15 is 0 Å². The van der Waals surface area contributed by atoms with Gasteiger partial charge in [-0.05, 0) is 46.3 Å². The van der Waals surface area contributed by atoms with Crippen molar-refractivity contribution in [1.29, 1.82) is 0 Å². The number of aromatic nitrogens is 1. The fraction of sp³-hybridized carbons (Fsp3) is 0.176. The number of carbonyl (C=O) groups is 1. The summed E-state index contributed by atoms with van der Waals surface area (Å²) in [6.07, 6.45) is 0. The van der Waals surface area contributed by atoms with Crippen LogP contribution in [0.3, 0.4) is 0 Å². The Balaban J connectivity index is 1.72. The topological polar surface area (TPSA) is 42.0 Å². The molecule has 0 aliphatic heterocycles. The van der Waals surface area contributed by atoms with Gasteiger partial charge in [0, 0.05) is 21.1 Å². The summed E-state index contributed by atoms with van der Waals surface area (Å²) >= 11 is 8.25. The zero-order valence-corrected chi connectivity index (χ0v) is 17.1. The van der Waals surface area contributed by atoms with Gasteiger partial charge in [0.1, 0.15) is 0 Å². The van der Waals surface area contributed by atoms with Gasteiger partial charge in [-0.2, -0.15) is 0 Å². The molecular weight excluding hydrogens is 424 g/mol. The number of hydrogen-bond donors (Lipinski definition) is 1. The smallest absolute Gasteiger partial charge is 0.257 e. The quantitative estimate of drug-likeness (QED) is 0.469. The van der Waals surface area contributed by atoms with Gasteiger partial charge in [0.15, 0.2) is 5.13 Å². The molecule has 1 N–H and O–H groups in total. The Hall–Kier alpha value is -1.15. The molecule has 0 saturated carbocycles. The molecule has 0 saturated heterocycles. The summed E-state index contributed by atoms with van der Waals surface area (Å²) < 4.78 is 1.07. The zero-order valence-electron chi connectivity index (χ0n) is 13.1. The van der Waals surface area contributed by atoms with E-state index in [0.717, 1.165) is 19.3 Å². The van der Waals surface area contributed by atoms with E-state index in [1.165, 1.54) is 11.3 Å². The van der Waals surface area contributed by atoms with Crippen LogP contribution in [0.15, 0.2) is 50.5 Å². The number of benzene rings is 1. The van der Waals surface area contributed by atoms with Crippen molar-refractivity contribution in [3.05, 3.63) is 51.1 Å². The molecule has 24 heavy (non-hydrogen) atoms. The highest BCUT2D eigenvalue weighted by Crippen LogP contribution is 2.33. The van der Waals surface area contributed by atoms with Crippen LogP contribution in [0.5, 0.6) is 0 Å². The average molecular weight is 439 g/mol. The summed E-state index contributed by atoms with van der Waals surface area (Å²) in [5, 5.41) is 5.94. The van der Waals surface area contributed by atoms with E-state index in [1.807, 2.05) is 41.8 Å². The van der Waals surface area contributed by atoms with Crippen molar-refractivity contribution in [2.24, 2.45) is 0 Å². The summed E-state index contributed by atoms with van der Waals surface area (Å²) in [4.78, 5) is 19.1. The molecular formula is C17H15BrN2OS3. The lowest BCUT2D eigenvalue weighted by molar-refractivity contribution is 0.102. The molecule has 1 amide bonds. The maximum Gasteiger partial charge on any atom is 0.257 e. The number of nitrogens with one attached hydrogen (secondary N) is 1. The molecule has 7 heteroatoms. The van der Waals surface area contributed by atoms with Gasteiger partial charge in [0.05, 0.1) is 14.4 Å². The first-order valence-electron chi connectivity index (χ1n) is 7.30. The van der Waals surface area contributed by atoms with Crippen molar-refractivity contribution in [3.8, 4) is 10.6 Å². The van der Waals surface area contributed by atoms with Gasteiger partial charge < -0.3 is 0 Å². The van der Waals surface area contributed by atoms with Crippen molar-refractivity contribution in [1.82, 2.24) is 4.98 Å². The van der Waals surface area contributed by atoms with Gasteiger partial charge in [-0.25, -0.2) is 4.98 Å². The molecule has 0 fully saturated rings. The molecule has 0 radical (unpaired) electrons. The monoisotopic (exact) mass is 438 g/mol. The van der Waals surface area contributed by atoms with Crippen LogP contribution in [0.2, 0.25) is 0 Å². The van der Waals surface area contributed by atoms with Crippen LogP contribution >= 0.6 is 50.4 Å². The van der Waals surface area contributed by atoms with Gasteiger partial charge in [-0.1, -0.05) is 19.9 Å². The summed E-state index contributed by atoms with van der Waals surface area (Å²) in [5.74, 6) is -0.130. The van der Waals surface area contributed by atoms with E-state index in [1.54, 1.807) is 23.1 Å². The largest absolute Gasteiger partial charge is 0.298 e. The van der Waals surface area contributed by atoms with Gasteiger partial charge >= 0.3 is 0 Å². The minimum Gasteiger partial charge on any atom is -0.298 e. The van der Waals surface area contributed by atoms with E-state index in [0.29, 0.717) is 15.9 Å². The number of thiazole rings is 1. The Morgan fingerprint density at radius 3 is 2.83 bits per heavy atom. The fourth-order valence-electron chi connectivity index (χ4n) is 2.05. The van der Waals surface area contributed by atoms with Gasteiger partial charge in [-0.3, -0.25) is 10.1 Å². The number of halogens is 1. The first-order chi connectivity index (χ1) is 11.5. The number of thiophene rings is 1. The second-order valence-corrected chi connectivity index (χ2v) is 10.3. The molecule has 0 bridgehead atoms. The normalized spacial score (nSPS) is 11.0. The van der Waals surface area contributed by atoms with Gasteiger partial charge in [0.2, 0.25) is 0 Å². The molecule has 1 aromatic carbocycles. The maximum atomic E-state index is 12.4. The highest BCUT2D eigenvalue weighted by molar-refractivity contribution is 9.11. The number of amides is 1. The first kappa shape index (κ1) is 17.7. The predicted octanol–water partition coefficient (Wildman–Crippen LogP) is 6.39. The molecule has 3 aromatic rings. The molecule has 0 aliphatic carbocycles. The van der Waals surface area contributed by atoms with Crippen LogP contribution in [-0.2, 0) is 0 Å². The standard InChI is InChI=1S/C17H15BrN2OS3/c1-10(2)23-12-5-3-4-11(8-12)16(21)20-17-19-13(9-22-17)14-6-7-15(18)24-14/h3-10H,1-2H3,(H,19,20,21). The van der Waals surface area contributed by atoms with Crippen molar-refractivity contribution in [3.63, 3.8) is 0 Å². The highest BCUT2D eigenvalue weighted by atomic mass is 79.9. The van der Waals surface area contributed by atoms with Gasteiger partial charge in [0.25, 0.3) is 5.91 Å². The molecule has 2 heterocycles. The second kappa shape index (κ2) is 7.82. The summed E-state index contributed by atoms with van der Waals surface area (Å²) in [5.41, 5.74) is 1.53. The lowest BCUT2D eigenvalue weighted by Gasteiger charge is -2.07. The Bertz CT molecular complexity index is 857. The minimum absolute atomic E-state index is 0.130. The van der Waals surface area contributed by atoms with Crippen LogP contribution in [0, 0.1) is 0 Å². The molecule has 0 atom stereocenters. The van der Waals surface area contributed by atoms with Crippen molar-refractivity contribution in [2.45, 2.75) is 24.0 Å². The number of nitrogens with zero attached hydrogens (tertiary/aromatic N) is 1. The average Bonchev–Trinajstić information content (AvgIpc) is 3.16. The third-order valence-corrected chi connectivity index (χ3v) is 6.42. The summed E-state index contributed by atoms with van der Waals surface area (Å²) in [6, 6.07) is 11.7. The van der Waals surface area contributed by atoms with Gasteiger partial charge in [-0.15, -0.1) is 34.4 Å². The third-order valence-electron chi connectivity index (χ3n) is 3.02. The lowest BCUT2D eigenvalue weighted by Crippen LogP contribution is -2.11. The van der Waals surface area contributed by atoms with Crippen LogP contribution < -0.4 is 5.32 Å². The molecule has 0 unspecified atom stereocenters. The van der Waals surface area contributed by atoms with Crippen molar-refractivity contribution < 1.29 is 4.79 Å². The number of carbonyl (C=O) groups excluding carboxylic acids is 1. The first-order valence-corrected chi connectivity index (χ1v) is 10.7. The third kappa shape index (κ3) is 4.47. The van der Waals surface area contributed by atoms with E-state index in [4.69, 9.17) is 0 Å². The van der Waals surface area contributed by atoms with Crippen molar-refractivity contribution >= 4 is 61.4 Å². The van der Waals surface area contributed by atoms with Crippen LogP contribution in [0.1, 0.15) is 24.2 Å². The molecule has 0 aliphatic rings. The Morgan fingerprint density at radius 2 is 2.12 bits per heavy atom. The summed E-state index contributed by atoms with van der Waals surface area (Å²) in [6.45, 7) is 4.27. The van der Waals surface area contributed by atoms with Crippen LogP contribution in [-0.4, -0.2) is 16.1 Å². The SMILES string of the molecule is CC(C)Sc1cccc(C(=O)Nc2nc(-c3ccc(Br)s3)cs2)c1. The number of anilines is 1. The van der Waals surface area contributed by atoms with E-state index in [-0.39, 0.29) is 5.91 Å². The zero-order chi connectivity index (χ0) is 17.1. The highest BCUT2D eigenvalue weighted by Gasteiger charge is 2.12. The second-order valence-electron chi connectivity index (χ2n) is 5.29. The van der Waals surface area contributed by atoms with E-state index in [9.17, 15) is 4.79 Å². The maximum absolute atomic E-state index is 12.4. The number of hydrogen-bond acceptors (Lipinski definition) is 5. The molecule has 0 spiro atoms. The molecule has 3 rings (SSSR count). The fourth-order valence-corrected chi connectivity index (χ4v) is 5.07. The van der Waals surface area contributed by atoms with Crippen molar-refractivity contribution in [2.75, 3.05) is 5.32 Å². The van der Waals surface area contributed by atoms with E-state index in [2.05, 4.69) is 40.1 Å². The Labute approximate surface area is 161 Å². The van der Waals surface area contributed by atoms with Crippen LogP contribution in [0.25, 0.3) is 10.6 Å². The van der Waals surface area contributed by atoms with E-state index < -0.39 is 0 Å². The lowest BCUT2D eigenvalue weighted by atomic mass is 10.2. The minimum atomic E-state index is -0.130. The molecule has 3 nitrogen and oxygen atoms in total. The Kier molecular flexibility index (Phi) is 5.76. The predicted molar refractivity (Wildman–Crippen MR) is 109 cm³/mol.